The van der Waals surface area contributed by atoms with E-state index in [0.717, 1.165) is 21.5 Å². The third-order valence-electron chi connectivity index (χ3n) is 2.67. The molecule has 0 spiro atoms. The minimum absolute atomic E-state index is 0.168. The second-order valence-corrected chi connectivity index (χ2v) is 5.68. The van der Waals surface area contributed by atoms with Gasteiger partial charge in [-0.15, -0.1) is 11.3 Å². The summed E-state index contributed by atoms with van der Waals surface area (Å²) in [5, 5.41) is 4.55. The molecule has 3 nitrogen and oxygen atoms in total. The van der Waals surface area contributed by atoms with Crippen molar-refractivity contribution in [2.24, 2.45) is 0 Å². The zero-order valence-electron chi connectivity index (χ0n) is 10.2. The van der Waals surface area contributed by atoms with Gasteiger partial charge in [0, 0.05) is 11.9 Å². The van der Waals surface area contributed by atoms with Crippen LogP contribution in [-0.4, -0.2) is 17.4 Å². The van der Waals surface area contributed by atoms with Crippen LogP contribution in [0.5, 0.6) is 0 Å². The van der Waals surface area contributed by atoms with Crippen molar-refractivity contribution in [3.8, 4) is 0 Å². The summed E-state index contributed by atoms with van der Waals surface area (Å²) in [5.74, 6) is -0.168. The van der Waals surface area contributed by atoms with Gasteiger partial charge in [-0.3, -0.25) is 4.79 Å². The molecule has 0 aliphatic carbocycles. The van der Waals surface area contributed by atoms with Gasteiger partial charge < -0.3 is 5.32 Å². The first-order valence-electron chi connectivity index (χ1n) is 5.50. The Morgan fingerprint density at radius 2 is 2.00 bits per heavy atom. The van der Waals surface area contributed by atoms with Crippen LogP contribution in [0.4, 0.5) is 0 Å². The van der Waals surface area contributed by atoms with Crippen LogP contribution in [0.25, 0.3) is 10.2 Å². The lowest BCUT2D eigenvalue weighted by molar-refractivity contribution is 0.0960. The van der Waals surface area contributed by atoms with Gasteiger partial charge >= 0.3 is 0 Å². The second-order valence-electron chi connectivity index (χ2n) is 3.92. The van der Waals surface area contributed by atoms with Crippen molar-refractivity contribution in [3.63, 3.8) is 0 Å². The van der Waals surface area contributed by atoms with E-state index in [4.69, 9.17) is 23.2 Å². The van der Waals surface area contributed by atoms with E-state index in [1.54, 1.807) is 0 Å². The lowest BCUT2D eigenvalue weighted by Gasteiger charge is -2.03. The van der Waals surface area contributed by atoms with Crippen molar-refractivity contribution < 1.29 is 4.79 Å². The fraction of sp³-hybridized carbons (Fsp3) is 0.333. The highest BCUT2D eigenvalue weighted by Crippen LogP contribution is 2.39. The summed E-state index contributed by atoms with van der Waals surface area (Å²) < 4.78 is 0. The van der Waals surface area contributed by atoms with Gasteiger partial charge in [0.2, 0.25) is 0 Å². The maximum atomic E-state index is 11.9. The Hall–Kier alpha value is -0.840. The summed E-state index contributed by atoms with van der Waals surface area (Å²) in [4.78, 5) is 17.5. The summed E-state index contributed by atoms with van der Waals surface area (Å²) >= 11 is 13.7. The molecule has 2 aromatic heterocycles. The van der Waals surface area contributed by atoms with E-state index in [-0.39, 0.29) is 5.91 Å². The molecule has 6 heteroatoms. The van der Waals surface area contributed by atoms with Crippen LogP contribution in [0.1, 0.15) is 27.9 Å². The smallest absolute Gasteiger partial charge is 0.262 e. The highest BCUT2D eigenvalue weighted by Gasteiger charge is 2.20. The average molecular weight is 303 g/mol. The van der Waals surface area contributed by atoms with E-state index in [0.29, 0.717) is 21.5 Å². The molecule has 2 rings (SSSR count). The van der Waals surface area contributed by atoms with Crippen LogP contribution in [-0.2, 0) is 0 Å². The number of nitrogens with zero attached hydrogens (tertiary/aromatic N) is 1. The molecule has 0 aliphatic rings. The summed E-state index contributed by atoms with van der Waals surface area (Å²) in [5.41, 5.74) is 1.62. The molecular weight excluding hydrogens is 291 g/mol. The van der Waals surface area contributed by atoms with Gasteiger partial charge in [0.15, 0.2) is 0 Å². The topological polar surface area (TPSA) is 42.0 Å². The van der Waals surface area contributed by atoms with Crippen molar-refractivity contribution in [1.29, 1.82) is 0 Å². The average Bonchev–Trinajstić information content (AvgIpc) is 2.64. The van der Waals surface area contributed by atoms with Gasteiger partial charge in [-0.2, -0.15) is 0 Å². The van der Waals surface area contributed by atoms with Crippen molar-refractivity contribution in [3.05, 3.63) is 26.2 Å². The van der Waals surface area contributed by atoms with Gasteiger partial charge in [0.1, 0.15) is 9.71 Å². The monoisotopic (exact) mass is 302 g/mol. The van der Waals surface area contributed by atoms with Crippen molar-refractivity contribution in [2.45, 2.75) is 20.8 Å². The Balaban J connectivity index is 2.71. The van der Waals surface area contributed by atoms with Crippen molar-refractivity contribution >= 4 is 50.7 Å². The number of rotatable bonds is 2. The Labute approximate surface area is 119 Å². The number of carbonyl (C=O) groups is 1. The number of fused-ring (bicyclic) bond motifs is 1. The van der Waals surface area contributed by atoms with Crippen LogP contribution >= 0.6 is 34.5 Å². The van der Waals surface area contributed by atoms with Crippen LogP contribution in [0.2, 0.25) is 10.0 Å². The number of pyridine rings is 1. The molecule has 0 aliphatic heterocycles. The molecule has 1 N–H and O–H groups in total. The molecule has 0 saturated carbocycles. The second kappa shape index (κ2) is 5.03. The van der Waals surface area contributed by atoms with Crippen LogP contribution in [0.15, 0.2) is 0 Å². The number of carbonyl (C=O) groups excluding carboxylic acids is 1. The zero-order chi connectivity index (χ0) is 13.4. The summed E-state index contributed by atoms with van der Waals surface area (Å²) in [7, 11) is 0. The van der Waals surface area contributed by atoms with Crippen LogP contribution < -0.4 is 5.32 Å². The molecule has 0 unspecified atom stereocenters. The van der Waals surface area contributed by atoms with Gasteiger partial charge in [0.05, 0.1) is 15.7 Å². The third-order valence-corrected chi connectivity index (χ3v) is 4.80. The lowest BCUT2D eigenvalue weighted by atomic mass is 10.1. The minimum atomic E-state index is -0.168. The first kappa shape index (κ1) is 13.6. The normalized spacial score (nSPS) is 10.9. The highest BCUT2D eigenvalue weighted by atomic mass is 35.5. The Morgan fingerprint density at radius 3 is 2.61 bits per heavy atom. The molecule has 1 amide bonds. The summed E-state index contributed by atoms with van der Waals surface area (Å²) in [6.45, 7) is 6.16. The number of halogens is 2. The van der Waals surface area contributed by atoms with Crippen LogP contribution in [0.3, 0.4) is 0 Å². The molecule has 0 fully saturated rings. The number of nitrogens with one attached hydrogen (secondary N) is 1. The molecular formula is C12H12Cl2N2OS. The van der Waals surface area contributed by atoms with E-state index < -0.39 is 0 Å². The lowest BCUT2D eigenvalue weighted by Crippen LogP contribution is -2.21. The molecule has 0 saturated heterocycles. The summed E-state index contributed by atoms with van der Waals surface area (Å²) in [6.07, 6.45) is 0. The number of aryl methyl sites for hydroxylation is 2. The van der Waals surface area contributed by atoms with E-state index in [1.807, 2.05) is 20.8 Å². The van der Waals surface area contributed by atoms with Gasteiger partial charge in [-0.25, -0.2) is 4.98 Å². The molecule has 0 aromatic carbocycles. The fourth-order valence-corrected chi connectivity index (χ4v) is 3.49. The first-order chi connectivity index (χ1) is 8.47. The van der Waals surface area contributed by atoms with Crippen LogP contribution in [0, 0.1) is 13.8 Å². The predicted molar refractivity (Wildman–Crippen MR) is 77.1 cm³/mol. The van der Waals surface area contributed by atoms with Gasteiger partial charge in [-0.1, -0.05) is 23.2 Å². The molecule has 0 bridgehead atoms. The van der Waals surface area contributed by atoms with E-state index in [9.17, 15) is 4.79 Å². The predicted octanol–water partition coefficient (Wildman–Crippen LogP) is 3.97. The number of amides is 1. The standard InChI is InChI=1S/C12H12Cl2N2OS/c1-4-15-11(17)10-9(14)7-5(2)8(13)6(3)16-12(7)18-10/h4H2,1-3H3,(H,15,17). The number of thiophene rings is 1. The van der Waals surface area contributed by atoms with Gasteiger partial charge in [-0.05, 0) is 26.3 Å². The fourth-order valence-electron chi connectivity index (χ4n) is 1.77. The molecule has 2 aromatic rings. The van der Waals surface area contributed by atoms with E-state index in [2.05, 4.69) is 10.3 Å². The Bertz CT molecular complexity index is 637. The van der Waals surface area contributed by atoms with Crippen molar-refractivity contribution in [1.82, 2.24) is 10.3 Å². The molecule has 0 atom stereocenters. The quantitative estimate of drug-likeness (QED) is 0.912. The Kier molecular flexibility index (Phi) is 3.80. The molecule has 96 valence electrons. The first-order valence-corrected chi connectivity index (χ1v) is 7.07. The van der Waals surface area contributed by atoms with E-state index in [1.165, 1.54) is 11.3 Å². The van der Waals surface area contributed by atoms with Gasteiger partial charge in [0.25, 0.3) is 5.91 Å². The highest BCUT2D eigenvalue weighted by molar-refractivity contribution is 7.21. The van der Waals surface area contributed by atoms with Crippen molar-refractivity contribution in [2.75, 3.05) is 6.54 Å². The largest absolute Gasteiger partial charge is 0.352 e. The number of hydrogen-bond acceptors (Lipinski definition) is 3. The molecule has 0 radical (unpaired) electrons. The number of hydrogen-bond donors (Lipinski definition) is 1. The minimum Gasteiger partial charge on any atom is -0.352 e. The van der Waals surface area contributed by atoms with E-state index >= 15 is 0 Å². The maximum absolute atomic E-state index is 11.9. The third kappa shape index (κ3) is 2.09. The number of aromatic nitrogens is 1. The Morgan fingerprint density at radius 1 is 1.33 bits per heavy atom. The molecule has 2 heterocycles. The zero-order valence-corrected chi connectivity index (χ0v) is 12.6. The SMILES string of the molecule is CCNC(=O)c1sc2nc(C)c(Cl)c(C)c2c1Cl. The summed E-state index contributed by atoms with van der Waals surface area (Å²) in [6, 6.07) is 0. The maximum Gasteiger partial charge on any atom is 0.262 e. The molecule has 18 heavy (non-hydrogen) atoms.